The monoisotopic (exact) mass is 467 g/mol. The van der Waals surface area contributed by atoms with E-state index in [4.69, 9.17) is 17.3 Å². The van der Waals surface area contributed by atoms with E-state index in [-0.39, 0.29) is 12.0 Å². The van der Waals surface area contributed by atoms with Gasteiger partial charge in [-0.1, -0.05) is 54.1 Å². The molecule has 0 aliphatic rings. The van der Waals surface area contributed by atoms with Crippen molar-refractivity contribution in [2.45, 2.75) is 24.5 Å². The standard InChI is InChI=1S/C22H18ClF4N3O2/c23-16-9-10-18(29-13-16)21(30-20(28)31,12-14-5-2-1-3-6-14)15-7-4-8-17(11-15)32-22(26,27)19(24)25/h1-11,13,19H,12H2,(H3,28,30,31)/t21-/m1/s1. The van der Waals surface area contributed by atoms with Crippen LogP contribution in [0.25, 0.3) is 0 Å². The number of hydrogen-bond acceptors (Lipinski definition) is 3. The van der Waals surface area contributed by atoms with Gasteiger partial charge in [-0.3, -0.25) is 4.98 Å². The van der Waals surface area contributed by atoms with E-state index >= 15 is 0 Å². The van der Waals surface area contributed by atoms with E-state index in [1.54, 1.807) is 36.4 Å². The predicted molar refractivity (Wildman–Crippen MR) is 111 cm³/mol. The van der Waals surface area contributed by atoms with Gasteiger partial charge >= 0.3 is 18.6 Å². The first kappa shape index (κ1) is 23.3. The lowest BCUT2D eigenvalue weighted by atomic mass is 9.80. The molecule has 0 aliphatic heterocycles. The average molecular weight is 468 g/mol. The number of urea groups is 1. The van der Waals surface area contributed by atoms with Crippen molar-refractivity contribution < 1.29 is 27.1 Å². The number of nitrogens with two attached hydrogens (primary N) is 1. The molecule has 168 valence electrons. The molecule has 0 fully saturated rings. The number of ether oxygens (including phenoxy) is 1. The molecule has 1 atom stereocenters. The Hall–Kier alpha value is -3.33. The number of carbonyl (C=O) groups is 1. The molecule has 5 nitrogen and oxygen atoms in total. The molecule has 0 bridgehead atoms. The SMILES string of the molecule is NC(=O)N[C@](Cc1ccccc1)(c1cccc(OC(F)(F)C(F)F)c1)c1ccc(Cl)cn1. The van der Waals surface area contributed by atoms with Crippen molar-refractivity contribution in [1.82, 2.24) is 10.3 Å². The maximum Gasteiger partial charge on any atom is 0.461 e. The van der Waals surface area contributed by atoms with E-state index in [9.17, 15) is 22.4 Å². The number of pyridine rings is 1. The topological polar surface area (TPSA) is 77.2 Å². The summed E-state index contributed by atoms with van der Waals surface area (Å²) in [6, 6.07) is 16.2. The molecule has 0 radical (unpaired) electrons. The van der Waals surface area contributed by atoms with Crippen LogP contribution in [-0.4, -0.2) is 23.5 Å². The van der Waals surface area contributed by atoms with Crippen molar-refractivity contribution in [3.8, 4) is 5.75 Å². The highest BCUT2D eigenvalue weighted by Gasteiger charge is 2.44. The van der Waals surface area contributed by atoms with Crippen LogP contribution in [0, 0.1) is 0 Å². The number of hydrogen-bond donors (Lipinski definition) is 2. The lowest BCUT2D eigenvalue weighted by Gasteiger charge is -2.35. The Morgan fingerprint density at radius 2 is 1.81 bits per heavy atom. The number of nitrogens with zero attached hydrogens (tertiary/aromatic N) is 1. The molecule has 3 rings (SSSR count). The van der Waals surface area contributed by atoms with Crippen molar-refractivity contribution in [2.24, 2.45) is 5.73 Å². The van der Waals surface area contributed by atoms with Crippen LogP contribution in [0.1, 0.15) is 16.8 Å². The minimum atomic E-state index is -4.70. The zero-order chi connectivity index (χ0) is 23.4. The van der Waals surface area contributed by atoms with Crippen LogP contribution >= 0.6 is 11.6 Å². The van der Waals surface area contributed by atoms with Crippen LogP contribution in [0.2, 0.25) is 5.02 Å². The van der Waals surface area contributed by atoms with Crippen molar-refractivity contribution in [3.05, 3.63) is 94.8 Å². The highest BCUT2D eigenvalue weighted by molar-refractivity contribution is 6.30. The van der Waals surface area contributed by atoms with Crippen LogP contribution in [-0.2, 0) is 12.0 Å². The van der Waals surface area contributed by atoms with Gasteiger partial charge in [-0.15, -0.1) is 0 Å². The van der Waals surface area contributed by atoms with Crippen molar-refractivity contribution in [2.75, 3.05) is 0 Å². The number of alkyl halides is 4. The number of halogens is 5. The quantitative estimate of drug-likeness (QED) is 0.451. The van der Waals surface area contributed by atoms with Gasteiger partial charge in [0.05, 0.1) is 10.7 Å². The number of carbonyl (C=O) groups excluding carboxylic acids is 1. The third-order valence-electron chi connectivity index (χ3n) is 4.65. The third kappa shape index (κ3) is 5.28. The van der Waals surface area contributed by atoms with Crippen LogP contribution in [0.5, 0.6) is 5.75 Å². The third-order valence-corrected chi connectivity index (χ3v) is 4.87. The molecule has 1 heterocycles. The maximum absolute atomic E-state index is 13.5. The number of nitrogens with one attached hydrogen (secondary N) is 1. The summed E-state index contributed by atoms with van der Waals surface area (Å²) >= 11 is 5.95. The Balaban J connectivity index is 2.18. The Morgan fingerprint density at radius 1 is 1.09 bits per heavy atom. The molecule has 0 saturated heterocycles. The van der Waals surface area contributed by atoms with Crippen LogP contribution in [0.15, 0.2) is 72.9 Å². The largest absolute Gasteiger partial charge is 0.461 e. The Labute approximate surface area is 186 Å². The van der Waals surface area contributed by atoms with Gasteiger partial charge in [-0.05, 0) is 35.4 Å². The number of benzene rings is 2. The summed E-state index contributed by atoms with van der Waals surface area (Å²) in [7, 11) is 0. The van der Waals surface area contributed by atoms with E-state index in [1.807, 2.05) is 0 Å². The highest BCUT2D eigenvalue weighted by atomic mass is 35.5. The van der Waals surface area contributed by atoms with Crippen molar-refractivity contribution in [1.29, 1.82) is 0 Å². The first-order chi connectivity index (χ1) is 15.1. The van der Waals surface area contributed by atoms with Gasteiger partial charge in [0.15, 0.2) is 0 Å². The molecule has 3 N–H and O–H groups in total. The zero-order valence-corrected chi connectivity index (χ0v) is 17.2. The summed E-state index contributed by atoms with van der Waals surface area (Å²) < 4.78 is 56.5. The van der Waals surface area contributed by atoms with Crippen LogP contribution in [0.4, 0.5) is 22.4 Å². The minimum absolute atomic E-state index is 0.111. The van der Waals surface area contributed by atoms with Gasteiger partial charge in [-0.25, -0.2) is 4.79 Å². The fourth-order valence-electron chi connectivity index (χ4n) is 3.29. The summed E-state index contributed by atoms with van der Waals surface area (Å²) in [5, 5.41) is 2.98. The van der Waals surface area contributed by atoms with Gasteiger partial charge in [0.25, 0.3) is 0 Å². The van der Waals surface area contributed by atoms with Gasteiger partial charge in [0.2, 0.25) is 0 Å². The lowest BCUT2D eigenvalue weighted by molar-refractivity contribution is -0.253. The number of amides is 2. The number of rotatable bonds is 8. The van der Waals surface area contributed by atoms with Gasteiger partial charge in [0, 0.05) is 12.6 Å². The van der Waals surface area contributed by atoms with Crippen LogP contribution < -0.4 is 15.8 Å². The summed E-state index contributed by atoms with van der Waals surface area (Å²) in [6.07, 6.45) is -7.26. The van der Waals surface area contributed by atoms with Crippen molar-refractivity contribution >= 4 is 17.6 Å². The predicted octanol–water partition coefficient (Wildman–Crippen LogP) is 5.13. The fourth-order valence-corrected chi connectivity index (χ4v) is 3.40. The van der Waals surface area contributed by atoms with E-state index in [1.165, 1.54) is 24.4 Å². The molecule has 0 spiro atoms. The molecule has 10 heteroatoms. The summed E-state index contributed by atoms with van der Waals surface area (Å²) in [6.45, 7) is 0. The molecule has 32 heavy (non-hydrogen) atoms. The second kappa shape index (κ2) is 9.44. The van der Waals surface area contributed by atoms with E-state index in [2.05, 4.69) is 15.0 Å². The van der Waals surface area contributed by atoms with E-state index in [0.717, 1.165) is 17.7 Å². The van der Waals surface area contributed by atoms with Gasteiger partial charge < -0.3 is 15.8 Å². The molecule has 1 aromatic heterocycles. The Kier molecular flexibility index (Phi) is 6.88. The fraction of sp³-hybridized carbons (Fsp3) is 0.182. The molecule has 0 unspecified atom stereocenters. The first-order valence-electron chi connectivity index (χ1n) is 9.31. The van der Waals surface area contributed by atoms with E-state index in [0.29, 0.717) is 10.7 Å². The van der Waals surface area contributed by atoms with Crippen LogP contribution in [0.3, 0.4) is 0 Å². The molecular formula is C22H18ClF4N3O2. The van der Waals surface area contributed by atoms with Crippen molar-refractivity contribution in [3.63, 3.8) is 0 Å². The second-order valence-corrected chi connectivity index (χ2v) is 7.35. The first-order valence-corrected chi connectivity index (χ1v) is 9.69. The highest BCUT2D eigenvalue weighted by Crippen LogP contribution is 2.36. The average Bonchev–Trinajstić information content (AvgIpc) is 2.74. The summed E-state index contributed by atoms with van der Waals surface area (Å²) in [5.74, 6) is -0.523. The molecule has 2 amide bonds. The molecular weight excluding hydrogens is 450 g/mol. The molecule has 0 aliphatic carbocycles. The summed E-state index contributed by atoms with van der Waals surface area (Å²) in [5.41, 5.74) is 5.29. The smallest absolute Gasteiger partial charge is 0.428 e. The van der Waals surface area contributed by atoms with E-state index < -0.39 is 29.9 Å². The van der Waals surface area contributed by atoms with Gasteiger partial charge in [0.1, 0.15) is 11.3 Å². The lowest BCUT2D eigenvalue weighted by Crippen LogP contribution is -2.51. The Morgan fingerprint density at radius 3 is 2.41 bits per heavy atom. The van der Waals surface area contributed by atoms with Gasteiger partial charge in [-0.2, -0.15) is 17.6 Å². The Bertz CT molecular complexity index is 1070. The zero-order valence-electron chi connectivity index (χ0n) is 16.4. The minimum Gasteiger partial charge on any atom is -0.428 e. The molecule has 3 aromatic rings. The maximum atomic E-state index is 13.5. The summed E-state index contributed by atoms with van der Waals surface area (Å²) in [4.78, 5) is 16.3. The normalized spacial score (nSPS) is 13.4. The number of aromatic nitrogens is 1. The molecule has 0 saturated carbocycles. The second-order valence-electron chi connectivity index (χ2n) is 6.91. The molecule has 2 aromatic carbocycles. The number of primary amides is 1.